The number of hydrogen-bond acceptors (Lipinski definition) is 2. The zero-order valence-electron chi connectivity index (χ0n) is 8.91. The first-order valence-corrected chi connectivity index (χ1v) is 6.15. The molecular weight excluding hydrogens is 238 g/mol. The average molecular weight is 250 g/mol. The fourth-order valence-electron chi connectivity index (χ4n) is 1.39. The Hall–Kier alpha value is -1.12. The van der Waals surface area contributed by atoms with E-state index in [-0.39, 0.29) is 0 Å². The van der Waals surface area contributed by atoms with Crippen LogP contribution in [0.25, 0.3) is 0 Å². The monoisotopic (exact) mass is 249 g/mol. The number of halogens is 1. The van der Waals surface area contributed by atoms with Gasteiger partial charge in [-0.15, -0.1) is 0 Å². The quantitative estimate of drug-likeness (QED) is 0.800. The normalized spacial score (nSPS) is 10.4. The first kappa shape index (κ1) is 11.4. The molecule has 82 valence electrons. The van der Waals surface area contributed by atoms with E-state index < -0.39 is 0 Å². The molecule has 2 aromatic rings. The van der Waals surface area contributed by atoms with Crippen LogP contribution < -0.4 is 5.73 Å². The van der Waals surface area contributed by atoms with E-state index in [9.17, 15) is 0 Å². The molecule has 0 aliphatic heterocycles. The molecule has 2 N–H and O–H groups in total. The number of nitrogen functional groups attached to an aromatic ring is 1. The summed E-state index contributed by atoms with van der Waals surface area (Å²) in [5.41, 5.74) is 7.60. The predicted molar refractivity (Wildman–Crippen MR) is 71.2 cm³/mol. The summed E-state index contributed by atoms with van der Waals surface area (Å²) in [7, 11) is 0. The van der Waals surface area contributed by atoms with Crippen molar-refractivity contribution in [2.75, 3.05) is 5.73 Å². The Balaban J connectivity index is 2.31. The van der Waals surface area contributed by atoms with Crippen LogP contribution in [0.4, 0.5) is 5.69 Å². The van der Waals surface area contributed by atoms with Crippen LogP contribution in [-0.2, 0) is 0 Å². The van der Waals surface area contributed by atoms with E-state index in [4.69, 9.17) is 17.3 Å². The minimum atomic E-state index is 0.694. The molecular formula is C13H12ClNS. The van der Waals surface area contributed by atoms with Crippen LogP contribution in [0.15, 0.2) is 52.3 Å². The Morgan fingerprint density at radius 3 is 2.50 bits per heavy atom. The summed E-state index contributed by atoms with van der Waals surface area (Å²) in [6.45, 7) is 2.09. The Bertz CT molecular complexity index is 511. The molecule has 2 rings (SSSR count). The smallest absolute Gasteiger partial charge is 0.0565 e. The minimum absolute atomic E-state index is 0.694. The van der Waals surface area contributed by atoms with Crippen molar-refractivity contribution in [3.05, 3.63) is 53.1 Å². The topological polar surface area (TPSA) is 26.0 Å². The molecule has 0 radical (unpaired) electrons. The Kier molecular flexibility index (Phi) is 3.42. The van der Waals surface area contributed by atoms with Crippen LogP contribution in [0.3, 0.4) is 0 Å². The number of nitrogens with two attached hydrogens (primary N) is 1. The lowest BCUT2D eigenvalue weighted by atomic mass is 10.2. The molecule has 0 aromatic heterocycles. The second-order valence-corrected chi connectivity index (χ2v) is 5.05. The lowest BCUT2D eigenvalue weighted by molar-refractivity contribution is 1.29. The second kappa shape index (κ2) is 4.81. The Morgan fingerprint density at radius 1 is 1.06 bits per heavy atom. The molecule has 0 atom stereocenters. The van der Waals surface area contributed by atoms with Gasteiger partial charge in [-0.05, 0) is 36.8 Å². The average Bonchev–Trinajstić information content (AvgIpc) is 2.25. The molecule has 3 heteroatoms. The first-order chi connectivity index (χ1) is 7.66. The van der Waals surface area contributed by atoms with Gasteiger partial charge in [-0.1, -0.05) is 41.6 Å². The highest BCUT2D eigenvalue weighted by molar-refractivity contribution is 7.99. The molecule has 0 unspecified atom stereocenters. The van der Waals surface area contributed by atoms with Crippen molar-refractivity contribution in [2.24, 2.45) is 0 Å². The predicted octanol–water partition coefficient (Wildman–Crippen LogP) is 4.38. The molecule has 0 fully saturated rings. The van der Waals surface area contributed by atoms with E-state index in [1.165, 1.54) is 10.5 Å². The number of benzene rings is 2. The summed E-state index contributed by atoms with van der Waals surface area (Å²) in [5.74, 6) is 0. The van der Waals surface area contributed by atoms with E-state index in [0.717, 1.165) is 4.90 Å². The van der Waals surface area contributed by atoms with Gasteiger partial charge in [-0.25, -0.2) is 0 Å². The number of hydrogen-bond donors (Lipinski definition) is 1. The van der Waals surface area contributed by atoms with Crippen LogP contribution in [0.5, 0.6) is 0 Å². The first-order valence-electron chi connectivity index (χ1n) is 4.95. The van der Waals surface area contributed by atoms with Gasteiger partial charge in [0.15, 0.2) is 0 Å². The molecule has 0 heterocycles. The number of anilines is 1. The molecule has 0 bridgehead atoms. The summed E-state index contributed by atoms with van der Waals surface area (Å²) < 4.78 is 0. The summed E-state index contributed by atoms with van der Waals surface area (Å²) in [4.78, 5) is 2.25. The minimum Gasteiger partial charge on any atom is -0.399 e. The Morgan fingerprint density at radius 2 is 1.81 bits per heavy atom. The molecule has 2 aromatic carbocycles. The lowest BCUT2D eigenvalue weighted by Crippen LogP contribution is -1.85. The van der Waals surface area contributed by atoms with E-state index in [1.807, 2.05) is 24.3 Å². The second-order valence-electron chi connectivity index (χ2n) is 3.56. The van der Waals surface area contributed by atoms with Crippen molar-refractivity contribution >= 4 is 29.1 Å². The van der Waals surface area contributed by atoms with Crippen LogP contribution in [0.2, 0.25) is 5.02 Å². The van der Waals surface area contributed by atoms with Gasteiger partial charge < -0.3 is 5.73 Å². The van der Waals surface area contributed by atoms with Crippen molar-refractivity contribution in [1.82, 2.24) is 0 Å². The van der Waals surface area contributed by atoms with E-state index in [2.05, 4.69) is 19.1 Å². The van der Waals surface area contributed by atoms with Gasteiger partial charge in [-0.3, -0.25) is 0 Å². The van der Waals surface area contributed by atoms with Gasteiger partial charge in [0.25, 0.3) is 0 Å². The van der Waals surface area contributed by atoms with Gasteiger partial charge >= 0.3 is 0 Å². The molecule has 0 amide bonds. The highest BCUT2D eigenvalue weighted by atomic mass is 35.5. The third-order valence-electron chi connectivity index (χ3n) is 2.27. The highest BCUT2D eigenvalue weighted by Gasteiger charge is 2.04. The van der Waals surface area contributed by atoms with E-state index in [0.29, 0.717) is 10.7 Å². The van der Waals surface area contributed by atoms with Crippen LogP contribution in [-0.4, -0.2) is 0 Å². The number of aryl methyl sites for hydroxylation is 1. The Labute approximate surface area is 105 Å². The third kappa shape index (κ3) is 2.52. The van der Waals surface area contributed by atoms with Crippen molar-refractivity contribution in [3.8, 4) is 0 Å². The maximum Gasteiger partial charge on any atom is 0.0565 e. The van der Waals surface area contributed by atoms with Gasteiger partial charge in [0.1, 0.15) is 0 Å². The van der Waals surface area contributed by atoms with Crippen molar-refractivity contribution in [2.45, 2.75) is 16.7 Å². The van der Waals surface area contributed by atoms with Crippen molar-refractivity contribution in [3.63, 3.8) is 0 Å². The summed E-state index contributed by atoms with van der Waals surface area (Å²) in [6, 6.07) is 13.8. The maximum atomic E-state index is 6.13. The molecule has 0 aliphatic carbocycles. The summed E-state index contributed by atoms with van der Waals surface area (Å²) in [6.07, 6.45) is 0. The van der Waals surface area contributed by atoms with Gasteiger partial charge in [0.2, 0.25) is 0 Å². The largest absolute Gasteiger partial charge is 0.399 e. The van der Waals surface area contributed by atoms with E-state index >= 15 is 0 Å². The zero-order valence-corrected chi connectivity index (χ0v) is 10.5. The molecule has 0 aliphatic rings. The molecule has 0 saturated heterocycles. The van der Waals surface area contributed by atoms with Crippen LogP contribution >= 0.6 is 23.4 Å². The zero-order chi connectivity index (χ0) is 11.5. The lowest BCUT2D eigenvalue weighted by Gasteiger charge is -2.07. The van der Waals surface area contributed by atoms with Crippen molar-refractivity contribution in [1.29, 1.82) is 0 Å². The van der Waals surface area contributed by atoms with Gasteiger partial charge in [0.05, 0.1) is 5.02 Å². The fraction of sp³-hybridized carbons (Fsp3) is 0.0769. The molecule has 1 nitrogen and oxygen atoms in total. The highest BCUT2D eigenvalue weighted by Crippen LogP contribution is 2.35. The standard InChI is InChI=1S/C13H12ClNS/c1-9-4-2-3-5-12(9)16-13-7-6-10(15)8-11(13)14/h2-8H,15H2,1H3. The van der Waals surface area contributed by atoms with E-state index in [1.54, 1.807) is 17.8 Å². The maximum absolute atomic E-state index is 6.13. The molecule has 0 saturated carbocycles. The SMILES string of the molecule is Cc1ccccc1Sc1ccc(N)cc1Cl. The summed E-state index contributed by atoms with van der Waals surface area (Å²) in [5, 5.41) is 0.702. The molecule has 0 spiro atoms. The van der Waals surface area contributed by atoms with Crippen molar-refractivity contribution < 1.29 is 0 Å². The number of rotatable bonds is 2. The summed E-state index contributed by atoms with van der Waals surface area (Å²) >= 11 is 7.79. The van der Waals surface area contributed by atoms with Gasteiger partial charge in [-0.2, -0.15) is 0 Å². The third-order valence-corrected chi connectivity index (χ3v) is 3.95. The van der Waals surface area contributed by atoms with Gasteiger partial charge in [0, 0.05) is 15.5 Å². The van der Waals surface area contributed by atoms with Crippen LogP contribution in [0, 0.1) is 6.92 Å². The molecule has 16 heavy (non-hydrogen) atoms. The fourth-order valence-corrected chi connectivity index (χ4v) is 2.60. The van der Waals surface area contributed by atoms with Crippen LogP contribution in [0.1, 0.15) is 5.56 Å².